The molecule has 0 saturated heterocycles. The molecule has 39 heavy (non-hydrogen) atoms. The second-order valence-electron chi connectivity index (χ2n) is 12.0. The molecule has 238 valence electrons. The topological polar surface area (TPSA) is 40.5 Å². The molecule has 0 aromatic heterocycles. The fraction of sp³-hybridized carbons (Fsp3) is 0.946. The third kappa shape index (κ3) is 47.8. The third-order valence-electron chi connectivity index (χ3n) is 8.08. The highest BCUT2D eigenvalue weighted by Gasteiger charge is 1.97. The van der Waals surface area contributed by atoms with Crippen molar-refractivity contribution in [1.82, 2.24) is 0 Å². The van der Waals surface area contributed by atoms with Gasteiger partial charge in [0.25, 0.3) is 0 Å². The van der Waals surface area contributed by atoms with Crippen LogP contribution in [0.15, 0.2) is 11.6 Å². The van der Waals surface area contributed by atoms with Gasteiger partial charge in [0.15, 0.2) is 0 Å². The maximum atomic E-state index is 7.00. The maximum Gasteiger partial charge on any atom is 0.0319 e. The van der Waals surface area contributed by atoms with Crippen LogP contribution in [0.2, 0.25) is 0 Å². The first-order chi connectivity index (χ1) is 19.3. The molecule has 3 aliphatic rings. The van der Waals surface area contributed by atoms with Crippen LogP contribution in [0, 0.1) is 0 Å². The zero-order chi connectivity index (χ0) is 29.5. The highest BCUT2D eigenvalue weighted by atomic mass is 16.2. The Bertz CT molecular complexity index is 253. The van der Waals surface area contributed by atoms with Crippen LogP contribution in [0.1, 0.15) is 213 Å². The fourth-order valence-electron chi connectivity index (χ4n) is 5.30. The standard InChI is InChI=1S/3C10H20.C5H10.2CH4O/c3*1-2-4-6-8-10-9-7-5-3-1;1-4-5(2)3;2*1-2/h3*1-10H2;4H,1-3H3;2*2H,1H3. The van der Waals surface area contributed by atoms with Gasteiger partial charge in [-0.05, 0) is 20.8 Å². The molecule has 0 radical (unpaired) electrons. The first kappa shape index (κ1) is 43.1. The quantitative estimate of drug-likeness (QED) is 0.292. The summed E-state index contributed by atoms with van der Waals surface area (Å²) in [6.45, 7) is 6.20. The van der Waals surface area contributed by atoms with Crippen LogP contribution in [0.3, 0.4) is 0 Å². The Balaban J connectivity index is -0.000000434. The van der Waals surface area contributed by atoms with Crippen molar-refractivity contribution in [2.45, 2.75) is 213 Å². The van der Waals surface area contributed by atoms with E-state index >= 15 is 0 Å². The van der Waals surface area contributed by atoms with Crippen molar-refractivity contribution in [3.63, 3.8) is 0 Å². The van der Waals surface area contributed by atoms with Crippen molar-refractivity contribution in [2.24, 2.45) is 0 Å². The van der Waals surface area contributed by atoms with E-state index in [0.29, 0.717) is 0 Å². The lowest BCUT2D eigenvalue weighted by atomic mass is 10.0. The summed E-state index contributed by atoms with van der Waals surface area (Å²) in [5.41, 5.74) is 1.38. The van der Waals surface area contributed by atoms with Gasteiger partial charge in [-0.3, -0.25) is 0 Å². The predicted octanol–water partition coefficient (Wildman–Crippen LogP) is 12.9. The third-order valence-corrected chi connectivity index (χ3v) is 8.08. The van der Waals surface area contributed by atoms with Crippen molar-refractivity contribution in [3.05, 3.63) is 11.6 Å². The number of hydrogen-bond donors (Lipinski definition) is 2. The van der Waals surface area contributed by atoms with Crippen molar-refractivity contribution in [2.75, 3.05) is 14.2 Å². The molecule has 3 rings (SSSR count). The summed E-state index contributed by atoms with van der Waals surface area (Å²) in [4.78, 5) is 0. The minimum atomic E-state index is 1.00. The van der Waals surface area contributed by atoms with Crippen LogP contribution < -0.4 is 0 Å². The number of aliphatic hydroxyl groups excluding tert-OH is 2. The molecule has 2 heteroatoms. The van der Waals surface area contributed by atoms with Crippen LogP contribution in [0.25, 0.3) is 0 Å². The van der Waals surface area contributed by atoms with Gasteiger partial charge in [0.05, 0.1) is 0 Å². The Labute approximate surface area is 249 Å². The van der Waals surface area contributed by atoms with E-state index < -0.39 is 0 Å². The molecule has 0 spiro atoms. The Morgan fingerprint density at radius 2 is 0.333 bits per heavy atom. The van der Waals surface area contributed by atoms with Gasteiger partial charge in [0, 0.05) is 14.2 Å². The summed E-state index contributed by atoms with van der Waals surface area (Å²) in [6.07, 6.45) is 47.1. The van der Waals surface area contributed by atoms with Gasteiger partial charge in [-0.2, -0.15) is 0 Å². The molecule has 0 aliphatic heterocycles. The SMILES string of the molecule is C1CCCCCCCCC1.C1CCCCCCCCC1.C1CCCCCCCCC1.CC=C(C)C.CO.CO. The zero-order valence-electron chi connectivity index (χ0n) is 28.2. The zero-order valence-corrected chi connectivity index (χ0v) is 28.2. The molecule has 3 fully saturated rings. The number of rotatable bonds is 0. The number of hydrogen-bond acceptors (Lipinski definition) is 2. The first-order valence-electron chi connectivity index (χ1n) is 17.8. The molecular formula is C37H78O2. The lowest BCUT2D eigenvalue weighted by molar-refractivity contribution is 0.399. The molecule has 0 bridgehead atoms. The minimum absolute atomic E-state index is 1.00. The van der Waals surface area contributed by atoms with E-state index in [-0.39, 0.29) is 0 Å². The molecule has 2 nitrogen and oxygen atoms in total. The van der Waals surface area contributed by atoms with E-state index in [0.717, 1.165) is 14.2 Å². The first-order valence-corrected chi connectivity index (χ1v) is 17.8. The van der Waals surface area contributed by atoms with Gasteiger partial charge in [-0.25, -0.2) is 0 Å². The van der Waals surface area contributed by atoms with Crippen molar-refractivity contribution in [3.8, 4) is 0 Å². The number of aliphatic hydroxyl groups is 2. The molecule has 0 aromatic carbocycles. The van der Waals surface area contributed by atoms with E-state index in [9.17, 15) is 0 Å². The number of allylic oxidation sites excluding steroid dienone is 2. The second-order valence-corrected chi connectivity index (χ2v) is 12.0. The van der Waals surface area contributed by atoms with Crippen molar-refractivity contribution in [1.29, 1.82) is 0 Å². The molecule has 3 aliphatic carbocycles. The average Bonchev–Trinajstić information content (AvgIpc) is 3.01. The fourth-order valence-corrected chi connectivity index (χ4v) is 5.30. The summed E-state index contributed by atoms with van der Waals surface area (Å²) in [5.74, 6) is 0. The van der Waals surface area contributed by atoms with Crippen LogP contribution in [0.4, 0.5) is 0 Å². The normalized spacial score (nSPS) is 19.7. The molecule has 0 aromatic rings. The summed E-state index contributed by atoms with van der Waals surface area (Å²) in [5, 5.41) is 14.0. The molecule has 2 N–H and O–H groups in total. The molecule has 3 saturated carbocycles. The van der Waals surface area contributed by atoms with E-state index in [4.69, 9.17) is 10.2 Å². The molecule has 0 heterocycles. The second kappa shape index (κ2) is 44.7. The van der Waals surface area contributed by atoms with E-state index in [1.807, 2.05) is 6.92 Å². The summed E-state index contributed by atoms with van der Waals surface area (Å²) < 4.78 is 0. The van der Waals surface area contributed by atoms with E-state index in [1.54, 1.807) is 0 Å². The van der Waals surface area contributed by atoms with Crippen LogP contribution >= 0.6 is 0 Å². The molecule has 0 amide bonds. The average molecular weight is 555 g/mol. The minimum Gasteiger partial charge on any atom is -0.400 e. The smallest absolute Gasteiger partial charge is 0.0319 e. The van der Waals surface area contributed by atoms with Crippen molar-refractivity contribution >= 4 is 0 Å². The summed E-state index contributed by atoms with van der Waals surface area (Å²) in [6, 6.07) is 0. The van der Waals surface area contributed by atoms with E-state index in [2.05, 4.69) is 19.9 Å². The Morgan fingerprint density at radius 3 is 0.359 bits per heavy atom. The Kier molecular flexibility index (Phi) is 49.4. The van der Waals surface area contributed by atoms with Gasteiger partial charge in [-0.15, -0.1) is 0 Å². The van der Waals surface area contributed by atoms with Gasteiger partial charge in [-0.1, -0.05) is 204 Å². The maximum absolute atomic E-state index is 7.00. The monoisotopic (exact) mass is 555 g/mol. The lowest BCUT2D eigenvalue weighted by Gasteiger charge is -2.05. The van der Waals surface area contributed by atoms with Crippen LogP contribution in [-0.4, -0.2) is 24.4 Å². The Morgan fingerprint density at radius 1 is 0.282 bits per heavy atom. The highest BCUT2D eigenvalue weighted by molar-refractivity contribution is 4.88. The van der Waals surface area contributed by atoms with Gasteiger partial charge in [0.1, 0.15) is 0 Å². The van der Waals surface area contributed by atoms with Crippen LogP contribution in [0.5, 0.6) is 0 Å². The largest absolute Gasteiger partial charge is 0.400 e. The molecule has 0 atom stereocenters. The van der Waals surface area contributed by atoms with Crippen molar-refractivity contribution < 1.29 is 10.2 Å². The summed E-state index contributed by atoms with van der Waals surface area (Å²) >= 11 is 0. The van der Waals surface area contributed by atoms with E-state index in [1.165, 1.54) is 198 Å². The van der Waals surface area contributed by atoms with Gasteiger partial charge >= 0.3 is 0 Å². The summed E-state index contributed by atoms with van der Waals surface area (Å²) in [7, 11) is 2.00. The molecule has 0 unspecified atom stereocenters. The Hall–Kier alpha value is -0.340. The van der Waals surface area contributed by atoms with Gasteiger partial charge < -0.3 is 10.2 Å². The van der Waals surface area contributed by atoms with Crippen LogP contribution in [-0.2, 0) is 0 Å². The molecular weight excluding hydrogens is 476 g/mol. The van der Waals surface area contributed by atoms with Gasteiger partial charge in [0.2, 0.25) is 0 Å². The highest BCUT2D eigenvalue weighted by Crippen LogP contribution is 2.17. The predicted molar refractivity (Wildman–Crippen MR) is 180 cm³/mol. The lowest BCUT2D eigenvalue weighted by Crippen LogP contribution is -1.85.